The maximum absolute atomic E-state index is 11.6. The van der Waals surface area contributed by atoms with Crippen molar-refractivity contribution in [3.8, 4) is 0 Å². The summed E-state index contributed by atoms with van der Waals surface area (Å²) in [4.78, 5) is 25.4. The van der Waals surface area contributed by atoms with Crippen molar-refractivity contribution >= 4 is 23.1 Å². The molecule has 3 aliphatic rings. The molecule has 2 heterocycles. The van der Waals surface area contributed by atoms with E-state index in [-0.39, 0.29) is 0 Å². The van der Waals surface area contributed by atoms with Crippen LogP contribution in [0.5, 0.6) is 0 Å². The number of ketones is 1. The highest BCUT2D eigenvalue weighted by Gasteiger charge is 2.37. The standard InChI is InChI=1S/C17H20N2O2/c20-15-13-4-3-12(11-14(13)18-16(15)21)19-9-7-17(8-10-19)5-1-2-6-17/h3-4,11H,1-2,5-10H2,(H,18,20,21). The molecule has 2 aliphatic heterocycles. The molecule has 1 N–H and O–H groups in total. The lowest BCUT2D eigenvalue weighted by Gasteiger charge is -2.40. The number of hydrogen-bond donors (Lipinski definition) is 1. The number of rotatable bonds is 1. The maximum atomic E-state index is 11.6. The predicted molar refractivity (Wildman–Crippen MR) is 81.8 cm³/mol. The van der Waals surface area contributed by atoms with Crippen LogP contribution in [0.1, 0.15) is 48.9 Å². The molecule has 4 heteroatoms. The molecular formula is C17H20N2O2. The zero-order valence-electron chi connectivity index (χ0n) is 12.2. The molecule has 4 nitrogen and oxygen atoms in total. The Hall–Kier alpha value is -1.84. The summed E-state index contributed by atoms with van der Waals surface area (Å²) in [6.45, 7) is 2.17. The molecule has 1 aromatic rings. The minimum Gasteiger partial charge on any atom is -0.371 e. The van der Waals surface area contributed by atoms with Crippen LogP contribution in [0.3, 0.4) is 0 Å². The first-order chi connectivity index (χ1) is 10.2. The van der Waals surface area contributed by atoms with Gasteiger partial charge in [-0.15, -0.1) is 0 Å². The van der Waals surface area contributed by atoms with E-state index >= 15 is 0 Å². The molecule has 1 spiro atoms. The smallest absolute Gasteiger partial charge is 0.296 e. The summed E-state index contributed by atoms with van der Waals surface area (Å²) < 4.78 is 0. The largest absolute Gasteiger partial charge is 0.371 e. The van der Waals surface area contributed by atoms with Crippen LogP contribution >= 0.6 is 0 Å². The lowest BCUT2D eigenvalue weighted by Crippen LogP contribution is -2.38. The third-order valence-corrected chi connectivity index (χ3v) is 5.56. The Morgan fingerprint density at radius 3 is 2.43 bits per heavy atom. The fourth-order valence-corrected chi connectivity index (χ4v) is 4.20. The van der Waals surface area contributed by atoms with Gasteiger partial charge in [0.05, 0.1) is 11.3 Å². The number of piperidine rings is 1. The monoisotopic (exact) mass is 284 g/mol. The number of fused-ring (bicyclic) bond motifs is 1. The van der Waals surface area contributed by atoms with Crippen LogP contribution in [0.4, 0.5) is 11.4 Å². The van der Waals surface area contributed by atoms with Gasteiger partial charge in [0, 0.05) is 18.8 Å². The van der Waals surface area contributed by atoms with Crippen molar-refractivity contribution in [1.82, 2.24) is 0 Å². The van der Waals surface area contributed by atoms with Crippen molar-refractivity contribution in [3.63, 3.8) is 0 Å². The number of amides is 1. The van der Waals surface area contributed by atoms with E-state index in [9.17, 15) is 9.59 Å². The Kier molecular flexibility index (Phi) is 2.81. The van der Waals surface area contributed by atoms with Crippen molar-refractivity contribution in [2.24, 2.45) is 5.41 Å². The third-order valence-electron chi connectivity index (χ3n) is 5.56. The lowest BCUT2D eigenvalue weighted by molar-refractivity contribution is -0.112. The van der Waals surface area contributed by atoms with Crippen LogP contribution in [0.25, 0.3) is 0 Å². The number of carbonyl (C=O) groups is 2. The highest BCUT2D eigenvalue weighted by molar-refractivity contribution is 6.51. The molecule has 0 atom stereocenters. The molecule has 0 bridgehead atoms. The van der Waals surface area contributed by atoms with Gasteiger partial charge < -0.3 is 10.2 Å². The predicted octanol–water partition coefficient (Wildman–Crippen LogP) is 2.98. The maximum Gasteiger partial charge on any atom is 0.296 e. The SMILES string of the molecule is O=C1Nc2cc(N3CCC4(CCCC4)CC3)ccc2C1=O. The van der Waals surface area contributed by atoms with Gasteiger partial charge in [0.1, 0.15) is 0 Å². The average molecular weight is 284 g/mol. The first kappa shape index (κ1) is 12.9. The summed E-state index contributed by atoms with van der Waals surface area (Å²) in [5.41, 5.74) is 2.91. The second-order valence-corrected chi connectivity index (χ2v) is 6.71. The second kappa shape index (κ2) is 4.58. The normalized spacial score (nSPS) is 23.5. The molecule has 1 amide bonds. The summed E-state index contributed by atoms with van der Waals surface area (Å²) in [7, 11) is 0. The minimum absolute atomic E-state index is 0.417. The van der Waals surface area contributed by atoms with E-state index in [2.05, 4.69) is 10.2 Å². The minimum atomic E-state index is -0.509. The van der Waals surface area contributed by atoms with Gasteiger partial charge in [-0.05, 0) is 49.3 Å². The summed E-state index contributed by atoms with van der Waals surface area (Å²) in [5, 5.41) is 2.66. The fourth-order valence-electron chi connectivity index (χ4n) is 4.20. The van der Waals surface area contributed by atoms with Crippen LogP contribution in [0, 0.1) is 5.41 Å². The van der Waals surface area contributed by atoms with E-state index in [1.54, 1.807) is 6.07 Å². The number of benzene rings is 1. The zero-order chi connectivity index (χ0) is 14.4. The fraction of sp³-hybridized carbons (Fsp3) is 0.529. The Balaban J connectivity index is 1.52. The summed E-state index contributed by atoms with van der Waals surface area (Å²) in [6.07, 6.45) is 8.13. The molecule has 0 aromatic heterocycles. The zero-order valence-corrected chi connectivity index (χ0v) is 12.2. The second-order valence-electron chi connectivity index (χ2n) is 6.71. The van der Waals surface area contributed by atoms with Crippen LogP contribution in [-0.2, 0) is 4.79 Å². The van der Waals surface area contributed by atoms with E-state index in [0.29, 0.717) is 16.7 Å². The Bertz CT molecular complexity index is 607. The molecule has 1 saturated heterocycles. The van der Waals surface area contributed by atoms with Gasteiger partial charge in [-0.2, -0.15) is 0 Å². The van der Waals surface area contributed by atoms with E-state index in [1.807, 2.05) is 12.1 Å². The van der Waals surface area contributed by atoms with Gasteiger partial charge >= 0.3 is 0 Å². The Morgan fingerprint density at radius 1 is 1.00 bits per heavy atom. The van der Waals surface area contributed by atoms with E-state index in [0.717, 1.165) is 18.8 Å². The molecule has 1 aliphatic carbocycles. The molecule has 2 fully saturated rings. The molecule has 110 valence electrons. The van der Waals surface area contributed by atoms with E-state index < -0.39 is 11.7 Å². The third kappa shape index (κ3) is 2.04. The highest BCUT2D eigenvalue weighted by atomic mass is 16.2. The van der Waals surface area contributed by atoms with Crippen LogP contribution in [0.2, 0.25) is 0 Å². The highest BCUT2D eigenvalue weighted by Crippen LogP contribution is 2.46. The average Bonchev–Trinajstić information content (AvgIpc) is 3.06. The van der Waals surface area contributed by atoms with Crippen molar-refractivity contribution < 1.29 is 9.59 Å². The molecule has 0 radical (unpaired) electrons. The first-order valence-corrected chi connectivity index (χ1v) is 7.92. The molecule has 0 unspecified atom stereocenters. The molecule has 21 heavy (non-hydrogen) atoms. The Labute approximate surface area is 124 Å². The van der Waals surface area contributed by atoms with Gasteiger partial charge in [-0.3, -0.25) is 9.59 Å². The van der Waals surface area contributed by atoms with Gasteiger partial charge in [-0.1, -0.05) is 12.8 Å². The lowest BCUT2D eigenvalue weighted by atomic mass is 9.77. The molecule has 1 aromatic carbocycles. The van der Waals surface area contributed by atoms with Gasteiger partial charge in [0.2, 0.25) is 0 Å². The van der Waals surface area contributed by atoms with Crippen LogP contribution < -0.4 is 10.2 Å². The van der Waals surface area contributed by atoms with E-state index in [1.165, 1.54) is 38.5 Å². The summed E-state index contributed by atoms with van der Waals surface area (Å²) in [5.74, 6) is -0.925. The molecule has 1 saturated carbocycles. The Morgan fingerprint density at radius 2 is 1.71 bits per heavy atom. The number of anilines is 2. The van der Waals surface area contributed by atoms with Crippen LogP contribution in [0.15, 0.2) is 18.2 Å². The van der Waals surface area contributed by atoms with Crippen LogP contribution in [-0.4, -0.2) is 24.8 Å². The van der Waals surface area contributed by atoms with Crippen molar-refractivity contribution in [2.75, 3.05) is 23.3 Å². The molecular weight excluding hydrogens is 264 g/mol. The van der Waals surface area contributed by atoms with Gasteiger partial charge in [-0.25, -0.2) is 0 Å². The van der Waals surface area contributed by atoms with Crippen molar-refractivity contribution in [3.05, 3.63) is 23.8 Å². The number of hydrogen-bond acceptors (Lipinski definition) is 3. The number of Topliss-reactive ketones (excluding diaryl/α,β-unsaturated/α-hetero) is 1. The van der Waals surface area contributed by atoms with Crippen molar-refractivity contribution in [2.45, 2.75) is 38.5 Å². The van der Waals surface area contributed by atoms with E-state index in [4.69, 9.17) is 0 Å². The topological polar surface area (TPSA) is 49.4 Å². The first-order valence-electron chi connectivity index (χ1n) is 7.92. The number of nitrogens with zero attached hydrogens (tertiary/aromatic N) is 1. The quantitative estimate of drug-likeness (QED) is 0.807. The van der Waals surface area contributed by atoms with Crippen molar-refractivity contribution in [1.29, 1.82) is 0 Å². The number of nitrogens with one attached hydrogen (secondary N) is 1. The summed E-state index contributed by atoms with van der Waals surface area (Å²) >= 11 is 0. The van der Waals surface area contributed by atoms with Gasteiger partial charge in [0.15, 0.2) is 0 Å². The summed E-state index contributed by atoms with van der Waals surface area (Å²) in [6, 6.07) is 5.71. The molecule has 4 rings (SSSR count). The van der Waals surface area contributed by atoms with Gasteiger partial charge in [0.25, 0.3) is 11.7 Å². The number of carbonyl (C=O) groups excluding carboxylic acids is 2.